The van der Waals surface area contributed by atoms with E-state index in [4.69, 9.17) is 0 Å². The number of hydrogen-bond acceptors (Lipinski definition) is 2. The van der Waals surface area contributed by atoms with Crippen LogP contribution in [0.4, 0.5) is 5.69 Å². The second-order valence-electron chi connectivity index (χ2n) is 9.19. The van der Waals surface area contributed by atoms with Gasteiger partial charge in [-0.2, -0.15) is 0 Å². The van der Waals surface area contributed by atoms with Gasteiger partial charge in [-0.25, -0.2) is 0 Å². The monoisotopic (exact) mass is 366 g/mol. The molecule has 1 aromatic carbocycles. The highest BCUT2D eigenvalue weighted by Gasteiger charge is 2.35. The zero-order valence-corrected chi connectivity index (χ0v) is 17.4. The van der Waals surface area contributed by atoms with Crippen LogP contribution in [0.1, 0.15) is 76.7 Å². The van der Waals surface area contributed by atoms with Crippen molar-refractivity contribution in [3.63, 3.8) is 0 Å². The zero-order chi connectivity index (χ0) is 18.5. The third kappa shape index (κ3) is 4.42. The first kappa shape index (κ1) is 19.1. The van der Waals surface area contributed by atoms with E-state index in [0.29, 0.717) is 5.41 Å². The Morgan fingerprint density at radius 1 is 0.926 bits per heavy atom. The molecule has 2 fully saturated rings. The quantitative estimate of drug-likeness (QED) is 0.559. The Kier molecular flexibility index (Phi) is 6.22. The van der Waals surface area contributed by atoms with E-state index in [-0.39, 0.29) is 0 Å². The minimum absolute atomic E-state index is 0.669. The molecule has 0 bridgehead atoms. The summed E-state index contributed by atoms with van der Waals surface area (Å²) < 4.78 is 0. The molecule has 27 heavy (non-hydrogen) atoms. The maximum Gasteiger partial charge on any atom is 0.0443 e. The van der Waals surface area contributed by atoms with E-state index in [1.165, 1.54) is 108 Å². The SMILES string of the molecule is CCCCCN1CCN(c2ccccc2C2=CCC3(CCCC3)CC2)CC1. The number of unbranched alkanes of at least 4 members (excludes halogenated alkanes) is 2. The van der Waals surface area contributed by atoms with Gasteiger partial charge >= 0.3 is 0 Å². The van der Waals surface area contributed by atoms with Gasteiger partial charge < -0.3 is 4.90 Å². The van der Waals surface area contributed by atoms with Gasteiger partial charge in [0, 0.05) is 37.4 Å². The van der Waals surface area contributed by atoms with E-state index >= 15 is 0 Å². The summed E-state index contributed by atoms with van der Waals surface area (Å²) in [5, 5.41) is 0. The van der Waals surface area contributed by atoms with Gasteiger partial charge in [-0.05, 0) is 62.1 Å². The smallest absolute Gasteiger partial charge is 0.0443 e. The number of rotatable bonds is 6. The van der Waals surface area contributed by atoms with E-state index in [1.54, 1.807) is 5.57 Å². The van der Waals surface area contributed by atoms with E-state index in [1.807, 2.05) is 0 Å². The summed E-state index contributed by atoms with van der Waals surface area (Å²) in [6, 6.07) is 9.21. The highest BCUT2D eigenvalue weighted by atomic mass is 15.3. The summed E-state index contributed by atoms with van der Waals surface area (Å²) in [5.41, 5.74) is 5.29. The molecule has 148 valence electrons. The highest BCUT2D eigenvalue weighted by molar-refractivity contribution is 5.77. The number of anilines is 1. The molecular formula is C25H38N2. The highest BCUT2D eigenvalue weighted by Crippen LogP contribution is 2.50. The van der Waals surface area contributed by atoms with Gasteiger partial charge in [-0.1, -0.05) is 56.9 Å². The third-order valence-corrected chi connectivity index (χ3v) is 7.41. The van der Waals surface area contributed by atoms with Gasteiger partial charge in [0.15, 0.2) is 0 Å². The summed E-state index contributed by atoms with van der Waals surface area (Å²) in [7, 11) is 0. The number of piperazine rings is 1. The maximum atomic E-state index is 2.67. The molecule has 3 aliphatic rings. The molecule has 0 N–H and O–H groups in total. The van der Waals surface area contributed by atoms with Gasteiger partial charge in [0.25, 0.3) is 0 Å². The molecule has 0 aromatic heterocycles. The van der Waals surface area contributed by atoms with Crippen molar-refractivity contribution in [2.75, 3.05) is 37.6 Å². The Morgan fingerprint density at radius 2 is 1.70 bits per heavy atom. The van der Waals surface area contributed by atoms with E-state index in [9.17, 15) is 0 Å². The topological polar surface area (TPSA) is 6.48 Å². The van der Waals surface area contributed by atoms with Crippen LogP contribution in [0.3, 0.4) is 0 Å². The van der Waals surface area contributed by atoms with Crippen LogP contribution in [0, 0.1) is 5.41 Å². The molecule has 2 nitrogen and oxygen atoms in total. The Bertz CT molecular complexity index is 633. The molecule has 1 heterocycles. The van der Waals surface area contributed by atoms with Crippen LogP contribution >= 0.6 is 0 Å². The van der Waals surface area contributed by atoms with Crippen LogP contribution < -0.4 is 4.90 Å². The van der Waals surface area contributed by atoms with Crippen molar-refractivity contribution in [3.05, 3.63) is 35.9 Å². The molecule has 1 saturated heterocycles. The lowest BCUT2D eigenvalue weighted by molar-refractivity contribution is 0.252. The molecule has 1 saturated carbocycles. The van der Waals surface area contributed by atoms with Crippen molar-refractivity contribution in [1.82, 2.24) is 4.90 Å². The number of benzene rings is 1. The average Bonchev–Trinajstić information content (AvgIpc) is 3.17. The van der Waals surface area contributed by atoms with Gasteiger partial charge in [-0.3, -0.25) is 4.90 Å². The van der Waals surface area contributed by atoms with E-state index < -0.39 is 0 Å². The lowest BCUT2D eigenvalue weighted by Gasteiger charge is -2.38. The van der Waals surface area contributed by atoms with Gasteiger partial charge in [-0.15, -0.1) is 0 Å². The van der Waals surface area contributed by atoms with E-state index in [2.05, 4.69) is 47.1 Å². The summed E-state index contributed by atoms with van der Waals surface area (Å²) in [4.78, 5) is 5.31. The van der Waals surface area contributed by atoms with Crippen LogP contribution in [0.2, 0.25) is 0 Å². The fourth-order valence-corrected chi connectivity index (χ4v) is 5.59. The molecule has 0 atom stereocenters. The molecular weight excluding hydrogens is 328 g/mol. The largest absolute Gasteiger partial charge is 0.368 e. The van der Waals surface area contributed by atoms with Gasteiger partial charge in [0.05, 0.1) is 0 Å². The van der Waals surface area contributed by atoms with Gasteiger partial charge in [0.2, 0.25) is 0 Å². The molecule has 0 unspecified atom stereocenters. The van der Waals surface area contributed by atoms with Crippen molar-refractivity contribution >= 4 is 11.3 Å². The predicted octanol–water partition coefficient (Wildman–Crippen LogP) is 6.13. The first-order valence-corrected chi connectivity index (χ1v) is 11.6. The lowest BCUT2D eigenvalue weighted by atomic mass is 9.72. The molecule has 0 amide bonds. The summed E-state index contributed by atoms with van der Waals surface area (Å²) >= 11 is 0. The Morgan fingerprint density at radius 3 is 2.41 bits per heavy atom. The van der Waals surface area contributed by atoms with Crippen molar-refractivity contribution in [2.24, 2.45) is 5.41 Å². The normalized spacial score (nSPS) is 23.0. The third-order valence-electron chi connectivity index (χ3n) is 7.41. The van der Waals surface area contributed by atoms with Crippen molar-refractivity contribution < 1.29 is 0 Å². The second-order valence-corrected chi connectivity index (χ2v) is 9.19. The number of allylic oxidation sites excluding steroid dienone is 2. The molecule has 2 aliphatic carbocycles. The van der Waals surface area contributed by atoms with Crippen LogP contribution in [0.15, 0.2) is 30.3 Å². The number of para-hydroxylation sites is 1. The molecule has 1 aliphatic heterocycles. The lowest BCUT2D eigenvalue weighted by Crippen LogP contribution is -2.46. The van der Waals surface area contributed by atoms with Crippen molar-refractivity contribution in [3.8, 4) is 0 Å². The molecule has 1 spiro atoms. The average molecular weight is 367 g/mol. The Labute approximate surface area is 166 Å². The molecule has 1 aromatic rings. The summed E-state index contributed by atoms with van der Waals surface area (Å²) in [5.74, 6) is 0. The molecule has 4 rings (SSSR count). The van der Waals surface area contributed by atoms with Crippen LogP contribution in [0.5, 0.6) is 0 Å². The van der Waals surface area contributed by atoms with Crippen LogP contribution in [-0.2, 0) is 0 Å². The predicted molar refractivity (Wildman–Crippen MR) is 117 cm³/mol. The Balaban J connectivity index is 1.41. The zero-order valence-electron chi connectivity index (χ0n) is 17.4. The second kappa shape index (κ2) is 8.82. The summed E-state index contributed by atoms with van der Waals surface area (Å²) in [6.45, 7) is 8.39. The maximum absolute atomic E-state index is 2.67. The van der Waals surface area contributed by atoms with Crippen LogP contribution in [0.25, 0.3) is 5.57 Å². The Hall–Kier alpha value is -1.28. The summed E-state index contributed by atoms with van der Waals surface area (Å²) in [6.07, 6.45) is 16.6. The first-order chi connectivity index (χ1) is 13.3. The first-order valence-electron chi connectivity index (χ1n) is 11.6. The molecule has 0 radical (unpaired) electrons. The fourth-order valence-electron chi connectivity index (χ4n) is 5.59. The number of nitrogens with zero attached hydrogens (tertiary/aromatic N) is 2. The van der Waals surface area contributed by atoms with E-state index in [0.717, 1.165) is 0 Å². The fraction of sp³-hybridized carbons (Fsp3) is 0.680. The van der Waals surface area contributed by atoms with Crippen LogP contribution in [-0.4, -0.2) is 37.6 Å². The minimum atomic E-state index is 0.669. The standard InChI is InChI=1S/C25H38N2/c1-2-3-8-17-26-18-20-27(21-19-26)24-10-5-4-9-23(24)22-11-15-25(16-12-22)13-6-7-14-25/h4-5,9-11H,2-3,6-8,12-21H2,1H3. The van der Waals surface area contributed by atoms with Gasteiger partial charge in [0.1, 0.15) is 0 Å². The van der Waals surface area contributed by atoms with Crippen molar-refractivity contribution in [2.45, 2.75) is 71.1 Å². The molecule has 2 heteroatoms. The van der Waals surface area contributed by atoms with Crippen molar-refractivity contribution in [1.29, 1.82) is 0 Å². The number of hydrogen-bond donors (Lipinski definition) is 0. The minimum Gasteiger partial charge on any atom is -0.368 e.